The number of hydrogen-bond acceptors (Lipinski definition) is 3. The van der Waals surface area contributed by atoms with Gasteiger partial charge in [0.25, 0.3) is 0 Å². The van der Waals surface area contributed by atoms with Crippen molar-refractivity contribution in [2.75, 3.05) is 20.3 Å². The summed E-state index contributed by atoms with van der Waals surface area (Å²) in [6, 6.07) is 0. The van der Waals surface area contributed by atoms with Crippen LogP contribution in [-0.2, 0) is 17.8 Å². The van der Waals surface area contributed by atoms with Gasteiger partial charge in [0.05, 0.1) is 13.2 Å². The van der Waals surface area contributed by atoms with Gasteiger partial charge in [-0.05, 0) is 0 Å². The predicted octanol–water partition coefficient (Wildman–Crippen LogP) is 0.249. The summed E-state index contributed by atoms with van der Waals surface area (Å²) in [4.78, 5) is 4.27. The molecule has 0 radical (unpaired) electrons. The molecule has 0 spiro atoms. The number of nitrogens with zero attached hydrogens (tertiary/aromatic N) is 2. The Kier molecular flexibility index (Phi) is 2.61. The molecule has 2 heterocycles. The van der Waals surface area contributed by atoms with Crippen molar-refractivity contribution in [3.8, 4) is 0 Å². The second kappa shape index (κ2) is 3.89. The topological polar surface area (TPSA) is 39.1 Å². The standard InChI is InChI=1S/C9H15N3O/c1-13-7-8-4-10-5-9-11-2-3-12(9)6-8/h2-3,8,10H,4-7H2,1H3/t8-/m0/s1. The van der Waals surface area contributed by atoms with Crippen LogP contribution in [0.4, 0.5) is 0 Å². The number of methoxy groups -OCH3 is 1. The fourth-order valence-electron chi connectivity index (χ4n) is 1.75. The maximum absolute atomic E-state index is 5.15. The van der Waals surface area contributed by atoms with Crippen LogP contribution in [0.25, 0.3) is 0 Å². The SMILES string of the molecule is COC[C@H]1CNCc2nccn2C1. The van der Waals surface area contributed by atoms with Gasteiger partial charge < -0.3 is 14.6 Å². The predicted molar refractivity (Wildman–Crippen MR) is 49.3 cm³/mol. The molecule has 0 saturated heterocycles. The summed E-state index contributed by atoms with van der Waals surface area (Å²) >= 11 is 0. The Morgan fingerprint density at radius 2 is 2.69 bits per heavy atom. The molecule has 1 aromatic heterocycles. The molecule has 1 N–H and O–H groups in total. The average molecular weight is 181 g/mol. The second-order valence-corrected chi connectivity index (χ2v) is 3.45. The highest BCUT2D eigenvalue weighted by atomic mass is 16.5. The summed E-state index contributed by atoms with van der Waals surface area (Å²) < 4.78 is 7.35. The van der Waals surface area contributed by atoms with Gasteiger partial charge in [-0.2, -0.15) is 0 Å². The highest BCUT2D eigenvalue weighted by molar-refractivity contribution is 4.94. The summed E-state index contributed by atoms with van der Waals surface area (Å²) in [7, 11) is 1.75. The summed E-state index contributed by atoms with van der Waals surface area (Å²) in [5, 5.41) is 3.36. The van der Waals surface area contributed by atoms with Crippen LogP contribution in [0.15, 0.2) is 12.4 Å². The van der Waals surface area contributed by atoms with Crippen LogP contribution >= 0.6 is 0 Å². The molecule has 0 saturated carbocycles. The molecule has 0 fully saturated rings. The first-order valence-corrected chi connectivity index (χ1v) is 4.60. The van der Waals surface area contributed by atoms with E-state index in [1.54, 1.807) is 7.11 Å². The smallest absolute Gasteiger partial charge is 0.122 e. The molecule has 0 bridgehead atoms. The molecular formula is C9H15N3O. The molecule has 4 nitrogen and oxygen atoms in total. The molecule has 0 aromatic carbocycles. The number of rotatable bonds is 2. The Labute approximate surface area is 77.9 Å². The number of imidazole rings is 1. The Hall–Kier alpha value is -0.870. The highest BCUT2D eigenvalue weighted by Gasteiger charge is 2.15. The molecule has 1 aliphatic heterocycles. The Morgan fingerprint density at radius 1 is 1.77 bits per heavy atom. The quantitative estimate of drug-likeness (QED) is 0.710. The van der Waals surface area contributed by atoms with Gasteiger partial charge in [-0.3, -0.25) is 0 Å². The third-order valence-electron chi connectivity index (χ3n) is 2.38. The molecule has 0 unspecified atom stereocenters. The molecule has 72 valence electrons. The number of aromatic nitrogens is 2. The van der Waals surface area contributed by atoms with Gasteiger partial charge in [-0.15, -0.1) is 0 Å². The number of hydrogen-bond donors (Lipinski definition) is 1. The van der Waals surface area contributed by atoms with Crippen molar-refractivity contribution < 1.29 is 4.74 Å². The summed E-state index contributed by atoms with van der Waals surface area (Å²) in [6.45, 7) is 3.70. The van der Waals surface area contributed by atoms with E-state index in [1.807, 2.05) is 12.4 Å². The van der Waals surface area contributed by atoms with Crippen molar-refractivity contribution in [1.29, 1.82) is 0 Å². The van der Waals surface area contributed by atoms with Crippen molar-refractivity contribution in [3.63, 3.8) is 0 Å². The first kappa shape index (κ1) is 8.72. The third-order valence-corrected chi connectivity index (χ3v) is 2.38. The van der Waals surface area contributed by atoms with Gasteiger partial charge in [0.1, 0.15) is 5.82 Å². The van der Waals surface area contributed by atoms with Crippen LogP contribution in [-0.4, -0.2) is 29.8 Å². The molecule has 4 heteroatoms. The van der Waals surface area contributed by atoms with Gasteiger partial charge in [0, 0.05) is 38.5 Å². The number of nitrogens with one attached hydrogen (secondary N) is 1. The average Bonchev–Trinajstić information content (AvgIpc) is 2.46. The van der Waals surface area contributed by atoms with E-state index >= 15 is 0 Å². The monoisotopic (exact) mass is 181 g/mol. The first-order valence-electron chi connectivity index (χ1n) is 4.60. The first-order chi connectivity index (χ1) is 6.40. The molecule has 1 aromatic rings. The lowest BCUT2D eigenvalue weighted by Crippen LogP contribution is -2.24. The molecule has 1 aliphatic rings. The van der Waals surface area contributed by atoms with E-state index in [4.69, 9.17) is 4.74 Å². The van der Waals surface area contributed by atoms with Crippen LogP contribution in [0.1, 0.15) is 5.82 Å². The zero-order valence-electron chi connectivity index (χ0n) is 7.86. The fourth-order valence-corrected chi connectivity index (χ4v) is 1.75. The van der Waals surface area contributed by atoms with Crippen LogP contribution < -0.4 is 5.32 Å². The molecule has 1 atom stereocenters. The van der Waals surface area contributed by atoms with E-state index in [0.29, 0.717) is 5.92 Å². The van der Waals surface area contributed by atoms with Crippen LogP contribution in [0.5, 0.6) is 0 Å². The maximum Gasteiger partial charge on any atom is 0.122 e. The van der Waals surface area contributed by atoms with E-state index in [0.717, 1.165) is 32.1 Å². The van der Waals surface area contributed by atoms with Gasteiger partial charge >= 0.3 is 0 Å². The molecule has 0 aliphatic carbocycles. The van der Waals surface area contributed by atoms with E-state index in [9.17, 15) is 0 Å². The van der Waals surface area contributed by atoms with Crippen molar-refractivity contribution in [2.45, 2.75) is 13.1 Å². The van der Waals surface area contributed by atoms with E-state index in [1.165, 1.54) is 0 Å². The van der Waals surface area contributed by atoms with Gasteiger partial charge in [0.2, 0.25) is 0 Å². The minimum atomic E-state index is 0.556. The highest BCUT2D eigenvalue weighted by Crippen LogP contribution is 2.08. The lowest BCUT2D eigenvalue weighted by atomic mass is 10.1. The van der Waals surface area contributed by atoms with Gasteiger partial charge in [0.15, 0.2) is 0 Å². The summed E-state index contributed by atoms with van der Waals surface area (Å²) in [5.41, 5.74) is 0. The van der Waals surface area contributed by atoms with Crippen molar-refractivity contribution in [3.05, 3.63) is 18.2 Å². The lowest BCUT2D eigenvalue weighted by molar-refractivity contribution is 0.144. The second-order valence-electron chi connectivity index (χ2n) is 3.45. The number of fused-ring (bicyclic) bond motifs is 1. The summed E-state index contributed by atoms with van der Waals surface area (Å²) in [5.74, 6) is 1.68. The normalized spacial score (nSPS) is 22.4. The van der Waals surface area contributed by atoms with Gasteiger partial charge in [-0.1, -0.05) is 0 Å². The maximum atomic E-state index is 5.15. The van der Waals surface area contributed by atoms with E-state index in [2.05, 4.69) is 14.9 Å². The largest absolute Gasteiger partial charge is 0.384 e. The van der Waals surface area contributed by atoms with E-state index < -0.39 is 0 Å². The molecular weight excluding hydrogens is 166 g/mol. The summed E-state index contributed by atoms with van der Waals surface area (Å²) in [6.07, 6.45) is 3.89. The third kappa shape index (κ3) is 1.89. The van der Waals surface area contributed by atoms with Gasteiger partial charge in [-0.25, -0.2) is 4.98 Å². The zero-order valence-corrected chi connectivity index (χ0v) is 7.86. The van der Waals surface area contributed by atoms with Crippen molar-refractivity contribution in [2.24, 2.45) is 5.92 Å². The fraction of sp³-hybridized carbons (Fsp3) is 0.667. The molecule has 2 rings (SSSR count). The van der Waals surface area contributed by atoms with Crippen LogP contribution in [0.3, 0.4) is 0 Å². The molecule has 0 amide bonds. The minimum Gasteiger partial charge on any atom is -0.384 e. The minimum absolute atomic E-state index is 0.556. The lowest BCUT2D eigenvalue weighted by Gasteiger charge is -2.13. The zero-order chi connectivity index (χ0) is 9.10. The Morgan fingerprint density at radius 3 is 3.54 bits per heavy atom. The Bertz CT molecular complexity index is 272. The Balaban J connectivity index is 2.07. The van der Waals surface area contributed by atoms with Crippen molar-refractivity contribution in [1.82, 2.24) is 14.9 Å². The van der Waals surface area contributed by atoms with E-state index in [-0.39, 0.29) is 0 Å². The molecule has 13 heavy (non-hydrogen) atoms. The number of ether oxygens (including phenoxy) is 1. The van der Waals surface area contributed by atoms with Crippen LogP contribution in [0, 0.1) is 5.92 Å². The van der Waals surface area contributed by atoms with Crippen LogP contribution in [0.2, 0.25) is 0 Å². The van der Waals surface area contributed by atoms with Crippen molar-refractivity contribution >= 4 is 0 Å².